The van der Waals surface area contributed by atoms with E-state index in [0.717, 1.165) is 11.5 Å². The molecule has 7 heteroatoms. The van der Waals surface area contributed by atoms with Crippen LogP contribution in [0.1, 0.15) is 6.92 Å². The number of amides is 1. The summed E-state index contributed by atoms with van der Waals surface area (Å²) in [6, 6.07) is 16.0. The fourth-order valence-electron chi connectivity index (χ4n) is 2.22. The summed E-state index contributed by atoms with van der Waals surface area (Å²) in [5.74, 6) is 1.69. The number of benzene rings is 2. The Morgan fingerprint density at radius 2 is 1.64 bits per heavy atom. The van der Waals surface area contributed by atoms with Crippen molar-refractivity contribution in [1.82, 2.24) is 5.32 Å². The molecule has 146 valence electrons. The summed E-state index contributed by atoms with van der Waals surface area (Å²) in [5.41, 5.74) is 0.552. The van der Waals surface area contributed by atoms with Crippen LogP contribution in [0.15, 0.2) is 60.3 Å². The van der Waals surface area contributed by atoms with Crippen LogP contribution in [0.25, 0.3) is 0 Å². The molecule has 0 saturated carbocycles. The quantitative estimate of drug-likeness (QED) is 0.373. The standard InChI is InChI=1S/C21H23N3O4/c1-3-27-19-6-4-17(5-7-19)24-21(25)16(14-22)15-23-12-13-28-20-10-8-18(26-2)9-11-20/h4-11,15,23H,3,12-13H2,1-2H3,(H,24,25)/b16-15-. The minimum Gasteiger partial charge on any atom is -0.497 e. The summed E-state index contributed by atoms with van der Waals surface area (Å²) < 4.78 is 16.0. The fraction of sp³-hybridized carbons (Fsp3) is 0.238. The smallest absolute Gasteiger partial charge is 0.267 e. The van der Waals surface area contributed by atoms with Crippen molar-refractivity contribution >= 4 is 11.6 Å². The third-order valence-corrected chi connectivity index (χ3v) is 3.61. The van der Waals surface area contributed by atoms with Gasteiger partial charge in [-0.3, -0.25) is 4.79 Å². The first-order valence-corrected chi connectivity index (χ1v) is 8.81. The van der Waals surface area contributed by atoms with Gasteiger partial charge < -0.3 is 24.8 Å². The van der Waals surface area contributed by atoms with E-state index in [1.54, 1.807) is 43.5 Å². The molecule has 7 nitrogen and oxygen atoms in total. The molecular weight excluding hydrogens is 358 g/mol. The molecule has 0 aromatic heterocycles. The third-order valence-electron chi connectivity index (χ3n) is 3.61. The van der Waals surface area contributed by atoms with Gasteiger partial charge in [0.25, 0.3) is 5.91 Å². The van der Waals surface area contributed by atoms with Crippen molar-refractivity contribution in [2.75, 3.05) is 32.2 Å². The lowest BCUT2D eigenvalue weighted by Crippen LogP contribution is -2.20. The lowest BCUT2D eigenvalue weighted by atomic mass is 10.2. The Bertz CT molecular complexity index is 824. The molecule has 0 atom stereocenters. The number of carbonyl (C=O) groups excluding carboxylic acids is 1. The highest BCUT2D eigenvalue weighted by atomic mass is 16.5. The SMILES string of the molecule is CCOc1ccc(NC(=O)/C(C#N)=C\NCCOc2ccc(OC)cc2)cc1. The van der Waals surface area contributed by atoms with Crippen LogP contribution in [-0.4, -0.2) is 32.8 Å². The van der Waals surface area contributed by atoms with Crippen LogP contribution in [0.3, 0.4) is 0 Å². The van der Waals surface area contributed by atoms with Crippen LogP contribution in [0.5, 0.6) is 17.2 Å². The third kappa shape index (κ3) is 6.57. The van der Waals surface area contributed by atoms with Crippen LogP contribution in [0.2, 0.25) is 0 Å². The molecule has 0 spiro atoms. The van der Waals surface area contributed by atoms with Crippen molar-refractivity contribution in [1.29, 1.82) is 5.26 Å². The highest BCUT2D eigenvalue weighted by Gasteiger charge is 2.09. The molecule has 0 unspecified atom stereocenters. The highest BCUT2D eigenvalue weighted by molar-refractivity contribution is 6.06. The Balaban J connectivity index is 1.78. The Kier molecular flexibility index (Phi) is 8.21. The summed E-state index contributed by atoms with van der Waals surface area (Å²) >= 11 is 0. The van der Waals surface area contributed by atoms with Gasteiger partial charge in [0.2, 0.25) is 0 Å². The van der Waals surface area contributed by atoms with Gasteiger partial charge in [-0.25, -0.2) is 0 Å². The fourth-order valence-corrected chi connectivity index (χ4v) is 2.22. The predicted molar refractivity (Wildman–Crippen MR) is 106 cm³/mol. The molecule has 0 bridgehead atoms. The number of nitriles is 1. The zero-order chi connectivity index (χ0) is 20.2. The van der Waals surface area contributed by atoms with Crippen LogP contribution in [-0.2, 0) is 4.79 Å². The number of hydrogen-bond donors (Lipinski definition) is 2. The van der Waals surface area contributed by atoms with Crippen LogP contribution < -0.4 is 24.8 Å². The minimum atomic E-state index is -0.491. The van der Waals surface area contributed by atoms with Crippen LogP contribution in [0.4, 0.5) is 5.69 Å². The maximum atomic E-state index is 12.2. The van der Waals surface area contributed by atoms with Gasteiger partial charge in [-0.15, -0.1) is 0 Å². The molecule has 0 heterocycles. The number of anilines is 1. The van der Waals surface area contributed by atoms with Crippen molar-refractivity contribution in [2.24, 2.45) is 0 Å². The lowest BCUT2D eigenvalue weighted by Gasteiger charge is -2.08. The minimum absolute atomic E-state index is 0.0293. The molecule has 0 aliphatic carbocycles. The molecule has 2 rings (SSSR count). The van der Waals surface area contributed by atoms with E-state index in [-0.39, 0.29) is 5.57 Å². The number of methoxy groups -OCH3 is 1. The van der Waals surface area contributed by atoms with Crippen molar-refractivity contribution in [2.45, 2.75) is 6.92 Å². The maximum absolute atomic E-state index is 12.2. The first-order chi connectivity index (χ1) is 13.7. The van der Waals surface area contributed by atoms with Crippen LogP contribution in [0, 0.1) is 11.3 Å². The topological polar surface area (TPSA) is 92.6 Å². The second-order valence-electron chi connectivity index (χ2n) is 5.56. The Labute approximate surface area is 164 Å². The highest BCUT2D eigenvalue weighted by Crippen LogP contribution is 2.17. The summed E-state index contributed by atoms with van der Waals surface area (Å²) in [6.07, 6.45) is 1.38. The molecule has 0 saturated heterocycles. The largest absolute Gasteiger partial charge is 0.497 e. The number of carbonyl (C=O) groups is 1. The van der Waals surface area contributed by atoms with Gasteiger partial charge in [0.1, 0.15) is 35.5 Å². The van der Waals surface area contributed by atoms with Gasteiger partial charge >= 0.3 is 0 Å². The van der Waals surface area contributed by atoms with Crippen molar-refractivity contribution < 1.29 is 19.0 Å². The van der Waals surface area contributed by atoms with E-state index in [0.29, 0.717) is 31.2 Å². The Morgan fingerprint density at radius 3 is 2.25 bits per heavy atom. The molecule has 0 aliphatic heterocycles. The van der Waals surface area contributed by atoms with E-state index in [1.165, 1.54) is 6.20 Å². The molecule has 0 radical (unpaired) electrons. The number of hydrogen-bond acceptors (Lipinski definition) is 6. The Hall–Kier alpha value is -3.66. The monoisotopic (exact) mass is 381 g/mol. The summed E-state index contributed by atoms with van der Waals surface area (Å²) in [7, 11) is 1.60. The average molecular weight is 381 g/mol. The molecule has 1 amide bonds. The molecular formula is C21H23N3O4. The van der Waals surface area contributed by atoms with Gasteiger partial charge in [0.05, 0.1) is 13.7 Å². The van der Waals surface area contributed by atoms with E-state index in [2.05, 4.69) is 10.6 Å². The van der Waals surface area contributed by atoms with Gasteiger partial charge in [-0.1, -0.05) is 0 Å². The maximum Gasteiger partial charge on any atom is 0.267 e. The first kappa shape index (κ1) is 20.6. The van der Waals surface area contributed by atoms with E-state index in [9.17, 15) is 10.1 Å². The average Bonchev–Trinajstić information content (AvgIpc) is 2.72. The predicted octanol–water partition coefficient (Wildman–Crippen LogP) is 3.11. The van der Waals surface area contributed by atoms with Crippen molar-refractivity contribution in [3.8, 4) is 23.3 Å². The summed E-state index contributed by atoms with van der Waals surface area (Å²) in [5, 5.41) is 14.8. The number of nitrogens with one attached hydrogen (secondary N) is 2. The molecule has 2 aromatic carbocycles. The molecule has 28 heavy (non-hydrogen) atoms. The number of ether oxygens (including phenoxy) is 3. The van der Waals surface area contributed by atoms with Gasteiger partial charge in [0, 0.05) is 18.4 Å². The second-order valence-corrected chi connectivity index (χ2v) is 5.56. The van der Waals surface area contributed by atoms with Gasteiger partial charge in [-0.05, 0) is 55.5 Å². The second kappa shape index (κ2) is 11.1. The summed E-state index contributed by atoms with van der Waals surface area (Å²) in [6.45, 7) is 3.28. The normalized spacial score (nSPS) is 10.5. The van der Waals surface area contributed by atoms with Gasteiger partial charge in [0.15, 0.2) is 0 Å². The Morgan fingerprint density at radius 1 is 1.04 bits per heavy atom. The number of nitrogens with zero attached hydrogens (tertiary/aromatic N) is 1. The number of rotatable bonds is 10. The van der Waals surface area contributed by atoms with E-state index < -0.39 is 5.91 Å². The van der Waals surface area contributed by atoms with E-state index >= 15 is 0 Å². The molecule has 2 N–H and O–H groups in total. The summed E-state index contributed by atoms with van der Waals surface area (Å²) in [4.78, 5) is 12.2. The van der Waals surface area contributed by atoms with Crippen LogP contribution >= 0.6 is 0 Å². The first-order valence-electron chi connectivity index (χ1n) is 8.81. The zero-order valence-corrected chi connectivity index (χ0v) is 15.9. The molecule has 0 aliphatic rings. The van der Waals surface area contributed by atoms with Crippen molar-refractivity contribution in [3.63, 3.8) is 0 Å². The van der Waals surface area contributed by atoms with E-state index in [4.69, 9.17) is 14.2 Å². The van der Waals surface area contributed by atoms with Gasteiger partial charge in [-0.2, -0.15) is 5.26 Å². The molecule has 2 aromatic rings. The zero-order valence-electron chi connectivity index (χ0n) is 15.9. The van der Waals surface area contributed by atoms with Crippen molar-refractivity contribution in [3.05, 3.63) is 60.3 Å². The lowest BCUT2D eigenvalue weighted by molar-refractivity contribution is -0.112. The van der Waals surface area contributed by atoms with E-state index in [1.807, 2.05) is 25.1 Å². The molecule has 0 fully saturated rings.